The number of nitrogens with zero attached hydrogens (tertiary/aromatic N) is 5. The molecule has 2 aliphatic heterocycles. The van der Waals surface area contributed by atoms with Crippen molar-refractivity contribution in [3.63, 3.8) is 0 Å². The maximum Gasteiger partial charge on any atom is 0.267 e. The van der Waals surface area contributed by atoms with E-state index in [2.05, 4.69) is 14.9 Å². The van der Waals surface area contributed by atoms with Gasteiger partial charge in [0.2, 0.25) is 5.56 Å². The van der Waals surface area contributed by atoms with Crippen LogP contribution in [0.15, 0.2) is 34.0 Å². The minimum Gasteiger partial charge on any atom is -0.318 e. The van der Waals surface area contributed by atoms with Gasteiger partial charge in [0.25, 0.3) is 5.56 Å². The number of aryl methyl sites for hydroxylation is 2. The van der Waals surface area contributed by atoms with Crippen LogP contribution >= 0.6 is 11.8 Å². The Morgan fingerprint density at radius 3 is 2.61 bits per heavy atom. The molecule has 0 saturated carbocycles. The summed E-state index contributed by atoms with van der Waals surface area (Å²) in [6.07, 6.45) is 2.88. The molecule has 28 heavy (non-hydrogen) atoms. The van der Waals surface area contributed by atoms with Crippen LogP contribution in [-0.4, -0.2) is 62.6 Å². The second-order valence-corrected chi connectivity index (χ2v) is 8.69. The number of hydrogen-bond donors (Lipinski definition) is 0. The predicted octanol–water partition coefficient (Wildman–Crippen LogP) is 0.549. The van der Waals surface area contributed by atoms with Gasteiger partial charge in [-0.25, -0.2) is 4.68 Å². The average molecular weight is 402 g/mol. The second kappa shape index (κ2) is 8.63. The minimum absolute atomic E-state index is 0.0228. The zero-order chi connectivity index (χ0) is 19.5. The van der Waals surface area contributed by atoms with Crippen LogP contribution in [0.1, 0.15) is 16.8 Å². The van der Waals surface area contributed by atoms with Crippen LogP contribution in [0.2, 0.25) is 0 Å². The lowest BCUT2D eigenvalue weighted by atomic mass is 10.2. The van der Waals surface area contributed by atoms with Crippen molar-refractivity contribution in [3.8, 4) is 0 Å². The molecule has 0 unspecified atom stereocenters. The van der Waals surface area contributed by atoms with E-state index in [0.29, 0.717) is 6.54 Å². The van der Waals surface area contributed by atoms with Gasteiger partial charge >= 0.3 is 0 Å². The van der Waals surface area contributed by atoms with Crippen molar-refractivity contribution in [2.24, 2.45) is 7.05 Å². The van der Waals surface area contributed by atoms with Crippen molar-refractivity contribution in [3.05, 3.63) is 61.9 Å². The molecular formula is C20H27N5O2S. The summed E-state index contributed by atoms with van der Waals surface area (Å²) in [6, 6.07) is 5.33. The number of rotatable bonds is 5. The maximum atomic E-state index is 12.3. The van der Waals surface area contributed by atoms with Crippen LogP contribution in [0, 0.1) is 0 Å². The van der Waals surface area contributed by atoms with Crippen molar-refractivity contribution < 1.29 is 0 Å². The summed E-state index contributed by atoms with van der Waals surface area (Å²) < 4.78 is 3.28. The summed E-state index contributed by atoms with van der Waals surface area (Å²) in [4.78, 5) is 28.6. The van der Waals surface area contributed by atoms with Gasteiger partial charge in [-0.15, -0.1) is 0 Å². The Kier molecular flexibility index (Phi) is 5.99. The first kappa shape index (κ1) is 19.4. The molecule has 150 valence electrons. The van der Waals surface area contributed by atoms with E-state index >= 15 is 0 Å². The average Bonchev–Trinajstić information content (AvgIpc) is 2.70. The van der Waals surface area contributed by atoms with Crippen LogP contribution in [0.3, 0.4) is 0 Å². The Labute approximate surface area is 169 Å². The summed E-state index contributed by atoms with van der Waals surface area (Å²) >= 11 is 1.87. The van der Waals surface area contributed by atoms with E-state index in [4.69, 9.17) is 0 Å². The van der Waals surface area contributed by atoms with Crippen LogP contribution < -0.4 is 11.1 Å². The molecule has 0 N–H and O–H groups in total. The highest BCUT2D eigenvalue weighted by molar-refractivity contribution is 7.98. The molecule has 8 heteroatoms. The van der Waals surface area contributed by atoms with Crippen molar-refractivity contribution >= 4 is 11.8 Å². The Hall–Kier alpha value is -1.90. The van der Waals surface area contributed by atoms with Crippen molar-refractivity contribution in [1.29, 1.82) is 0 Å². The lowest BCUT2D eigenvalue weighted by molar-refractivity contribution is 0.122. The molecule has 0 amide bonds. The standard InChI is InChI=1S/C20H27N5O2S/c1-22-13-16(2-3-19(22)26)14-24-7-5-23(6-8-24)9-10-25-20(27)12-17-15-28-11-4-18(17)21-25/h2-3,12-13H,4-11,14-15H2,1H3. The van der Waals surface area contributed by atoms with Crippen LogP contribution in [-0.2, 0) is 32.3 Å². The van der Waals surface area contributed by atoms with E-state index in [1.54, 1.807) is 28.4 Å². The molecular weight excluding hydrogens is 374 g/mol. The molecule has 0 atom stereocenters. The van der Waals surface area contributed by atoms with Crippen molar-refractivity contribution in [2.45, 2.75) is 25.3 Å². The van der Waals surface area contributed by atoms with Crippen LogP contribution in [0.5, 0.6) is 0 Å². The van der Waals surface area contributed by atoms with E-state index in [1.165, 1.54) is 5.56 Å². The minimum atomic E-state index is 0.0228. The fraction of sp³-hybridized carbons (Fsp3) is 0.550. The van der Waals surface area contributed by atoms with Crippen LogP contribution in [0.4, 0.5) is 0 Å². The van der Waals surface area contributed by atoms with Gasteiger partial charge in [0.1, 0.15) is 0 Å². The fourth-order valence-corrected chi connectivity index (χ4v) is 4.77. The summed E-state index contributed by atoms with van der Waals surface area (Å²) in [5, 5.41) is 4.61. The Bertz CT molecular complexity index is 946. The number of fused-ring (bicyclic) bond motifs is 1. The maximum absolute atomic E-state index is 12.3. The summed E-state index contributed by atoms with van der Waals surface area (Å²) in [6.45, 7) is 6.34. The van der Waals surface area contributed by atoms with Crippen LogP contribution in [0.25, 0.3) is 0 Å². The third-order valence-electron chi connectivity index (χ3n) is 5.55. The number of thioether (sulfide) groups is 1. The van der Waals surface area contributed by atoms with E-state index in [0.717, 1.165) is 68.5 Å². The van der Waals surface area contributed by atoms with Gasteiger partial charge in [-0.2, -0.15) is 16.9 Å². The molecule has 0 aliphatic carbocycles. The van der Waals surface area contributed by atoms with Crippen molar-refractivity contribution in [2.75, 3.05) is 38.5 Å². The van der Waals surface area contributed by atoms with Gasteiger partial charge in [-0.3, -0.25) is 19.4 Å². The molecule has 2 aliphatic rings. The fourth-order valence-electron chi connectivity index (χ4n) is 3.82. The normalized spacial score (nSPS) is 18.2. The molecule has 0 bridgehead atoms. The molecule has 7 nitrogen and oxygen atoms in total. The number of piperazine rings is 1. The third kappa shape index (κ3) is 4.56. The van der Waals surface area contributed by atoms with Gasteiger partial charge in [0.15, 0.2) is 0 Å². The first-order valence-corrected chi connectivity index (χ1v) is 11.0. The molecule has 2 aromatic rings. The van der Waals surface area contributed by atoms with Gasteiger partial charge < -0.3 is 4.57 Å². The zero-order valence-electron chi connectivity index (χ0n) is 16.3. The van der Waals surface area contributed by atoms with E-state index in [9.17, 15) is 9.59 Å². The van der Waals surface area contributed by atoms with Crippen molar-refractivity contribution in [1.82, 2.24) is 24.1 Å². The SMILES string of the molecule is Cn1cc(CN2CCN(CCn3nc4c(cc3=O)CSCC4)CC2)ccc1=O. The number of pyridine rings is 1. The lowest BCUT2D eigenvalue weighted by Gasteiger charge is -2.34. The molecule has 1 fully saturated rings. The Morgan fingerprint density at radius 2 is 1.82 bits per heavy atom. The molecule has 4 rings (SSSR count). The second-order valence-electron chi connectivity index (χ2n) is 7.58. The quantitative estimate of drug-likeness (QED) is 0.729. The zero-order valence-corrected chi connectivity index (χ0v) is 17.2. The summed E-state index contributed by atoms with van der Waals surface area (Å²) in [7, 11) is 1.79. The van der Waals surface area contributed by atoms with Gasteiger partial charge in [0, 0.05) is 76.8 Å². The Balaban J connectivity index is 1.28. The van der Waals surface area contributed by atoms with E-state index < -0.39 is 0 Å². The molecule has 4 heterocycles. The van der Waals surface area contributed by atoms with Gasteiger partial charge in [-0.1, -0.05) is 6.07 Å². The summed E-state index contributed by atoms with van der Waals surface area (Å²) in [5.41, 5.74) is 3.43. The monoisotopic (exact) mass is 401 g/mol. The van der Waals surface area contributed by atoms with Gasteiger partial charge in [0.05, 0.1) is 12.2 Å². The largest absolute Gasteiger partial charge is 0.318 e. The lowest BCUT2D eigenvalue weighted by Crippen LogP contribution is -2.47. The molecule has 0 spiro atoms. The van der Waals surface area contributed by atoms with Gasteiger partial charge in [-0.05, 0) is 16.9 Å². The number of hydrogen-bond acceptors (Lipinski definition) is 6. The Morgan fingerprint density at radius 1 is 1.04 bits per heavy atom. The molecule has 1 saturated heterocycles. The third-order valence-corrected chi connectivity index (χ3v) is 6.56. The topological polar surface area (TPSA) is 63.4 Å². The highest BCUT2D eigenvalue weighted by atomic mass is 32.2. The first-order valence-electron chi connectivity index (χ1n) is 9.86. The smallest absolute Gasteiger partial charge is 0.267 e. The molecule has 0 radical (unpaired) electrons. The van der Waals surface area contributed by atoms with E-state index in [1.807, 2.05) is 24.0 Å². The first-order chi connectivity index (χ1) is 13.6. The molecule has 2 aromatic heterocycles. The highest BCUT2D eigenvalue weighted by Crippen LogP contribution is 2.21. The highest BCUT2D eigenvalue weighted by Gasteiger charge is 2.18. The number of aromatic nitrogens is 3. The predicted molar refractivity (Wildman–Crippen MR) is 112 cm³/mol. The van der Waals surface area contributed by atoms with E-state index in [-0.39, 0.29) is 11.1 Å². The summed E-state index contributed by atoms with van der Waals surface area (Å²) in [5.74, 6) is 2.01. The molecule has 0 aromatic carbocycles.